The van der Waals surface area contributed by atoms with E-state index in [9.17, 15) is 4.79 Å². The maximum absolute atomic E-state index is 12.1. The smallest absolute Gasteiger partial charge is 0.341 e. The van der Waals surface area contributed by atoms with Crippen molar-refractivity contribution in [1.29, 1.82) is 0 Å². The van der Waals surface area contributed by atoms with E-state index < -0.39 is 5.97 Å². The third-order valence-electron chi connectivity index (χ3n) is 3.70. The minimum Gasteiger partial charge on any atom is -0.462 e. The zero-order valence-corrected chi connectivity index (χ0v) is 14.9. The Labute approximate surface area is 144 Å². The lowest BCUT2D eigenvalue weighted by atomic mass is 10.2. The fourth-order valence-corrected chi connectivity index (χ4v) is 3.49. The lowest BCUT2D eigenvalue weighted by molar-refractivity contribution is 0.0523. The first-order valence-corrected chi connectivity index (χ1v) is 8.51. The monoisotopic (exact) mass is 342 g/mol. The molecule has 2 aromatic heterocycles. The largest absolute Gasteiger partial charge is 0.462 e. The molecule has 124 valence electrons. The average molecular weight is 342 g/mol. The van der Waals surface area contributed by atoms with Crippen LogP contribution < -0.4 is 4.74 Å². The highest BCUT2D eigenvalue weighted by Crippen LogP contribution is 2.37. The molecule has 1 aromatic carbocycles. The van der Waals surface area contributed by atoms with E-state index in [4.69, 9.17) is 9.47 Å². The van der Waals surface area contributed by atoms with Gasteiger partial charge in [0, 0.05) is 4.88 Å². The molecule has 0 radical (unpaired) electrons. The van der Waals surface area contributed by atoms with Gasteiger partial charge in [-0.05, 0) is 45.4 Å². The first-order chi connectivity index (χ1) is 11.5. The van der Waals surface area contributed by atoms with Gasteiger partial charge in [-0.2, -0.15) is 4.98 Å². The lowest BCUT2D eigenvalue weighted by Gasteiger charge is -2.11. The van der Waals surface area contributed by atoms with E-state index in [2.05, 4.69) is 9.97 Å². The number of benzene rings is 1. The minimum absolute atomic E-state index is 0.312. The first kappa shape index (κ1) is 16.4. The van der Waals surface area contributed by atoms with Crippen LogP contribution >= 0.6 is 11.3 Å². The molecule has 0 saturated carbocycles. The van der Waals surface area contributed by atoms with Crippen LogP contribution in [0.2, 0.25) is 0 Å². The van der Waals surface area contributed by atoms with Crippen LogP contribution in [0.4, 0.5) is 0 Å². The van der Waals surface area contributed by atoms with E-state index in [1.807, 2.05) is 26.8 Å². The molecule has 0 fully saturated rings. The molecule has 3 aromatic rings. The normalized spacial score (nSPS) is 10.8. The van der Waals surface area contributed by atoms with Crippen LogP contribution in [0.3, 0.4) is 0 Å². The minimum atomic E-state index is -0.409. The summed E-state index contributed by atoms with van der Waals surface area (Å²) in [6.45, 7) is 7.99. The summed E-state index contributed by atoms with van der Waals surface area (Å²) in [4.78, 5) is 23.1. The number of nitrogens with zero attached hydrogens (tertiary/aromatic N) is 2. The van der Waals surface area contributed by atoms with Crippen LogP contribution in [0.25, 0.3) is 10.2 Å². The van der Waals surface area contributed by atoms with Crippen molar-refractivity contribution in [3.8, 4) is 11.6 Å². The van der Waals surface area contributed by atoms with Crippen LogP contribution in [0.5, 0.6) is 11.6 Å². The van der Waals surface area contributed by atoms with Crippen LogP contribution in [0, 0.1) is 20.8 Å². The van der Waals surface area contributed by atoms with Gasteiger partial charge in [0.05, 0.1) is 12.0 Å². The Morgan fingerprint density at radius 1 is 1.17 bits per heavy atom. The van der Waals surface area contributed by atoms with Gasteiger partial charge in [-0.1, -0.05) is 12.1 Å². The molecule has 0 spiro atoms. The predicted molar refractivity (Wildman–Crippen MR) is 94.1 cm³/mol. The van der Waals surface area contributed by atoms with Crippen molar-refractivity contribution in [1.82, 2.24) is 9.97 Å². The number of hydrogen-bond donors (Lipinski definition) is 0. The molecule has 0 aliphatic rings. The Kier molecular flexibility index (Phi) is 4.49. The molecule has 24 heavy (non-hydrogen) atoms. The van der Waals surface area contributed by atoms with Crippen molar-refractivity contribution >= 4 is 27.5 Å². The summed E-state index contributed by atoms with van der Waals surface area (Å²) in [5, 5.41) is 0.891. The van der Waals surface area contributed by atoms with Crippen LogP contribution in [0.1, 0.15) is 33.5 Å². The van der Waals surface area contributed by atoms with Crippen molar-refractivity contribution in [2.45, 2.75) is 27.7 Å². The average Bonchev–Trinajstić information content (AvgIpc) is 2.82. The Hall–Kier alpha value is -2.47. The fourth-order valence-electron chi connectivity index (χ4n) is 2.43. The second-order valence-electron chi connectivity index (χ2n) is 5.36. The number of aromatic nitrogens is 2. The van der Waals surface area contributed by atoms with Gasteiger partial charge in [0.15, 0.2) is 0 Å². The summed E-state index contributed by atoms with van der Waals surface area (Å²) in [5.41, 5.74) is 1.48. The van der Waals surface area contributed by atoms with Gasteiger partial charge in [0.25, 0.3) is 0 Å². The Morgan fingerprint density at radius 2 is 1.92 bits per heavy atom. The van der Waals surface area contributed by atoms with E-state index in [0.717, 1.165) is 15.8 Å². The number of aryl methyl sites for hydroxylation is 3. The predicted octanol–water partition coefficient (Wildman–Crippen LogP) is 4.59. The Bertz CT molecular complexity index is 918. The van der Waals surface area contributed by atoms with Crippen molar-refractivity contribution in [3.05, 3.63) is 46.1 Å². The molecule has 2 heterocycles. The summed E-state index contributed by atoms with van der Waals surface area (Å²) in [6, 6.07) is 7.02. The Morgan fingerprint density at radius 3 is 2.67 bits per heavy atom. The second-order valence-corrected chi connectivity index (χ2v) is 6.56. The van der Waals surface area contributed by atoms with Crippen molar-refractivity contribution < 1.29 is 14.3 Å². The van der Waals surface area contributed by atoms with Crippen molar-refractivity contribution in [3.63, 3.8) is 0 Å². The van der Waals surface area contributed by atoms with E-state index in [0.29, 0.717) is 29.6 Å². The molecule has 3 rings (SSSR count). The number of carbonyl (C=O) groups excluding carboxylic acids is 1. The maximum atomic E-state index is 12.1. The molecular weight excluding hydrogens is 324 g/mol. The number of ether oxygens (including phenoxy) is 2. The third kappa shape index (κ3) is 2.97. The van der Waals surface area contributed by atoms with Crippen molar-refractivity contribution in [2.75, 3.05) is 6.61 Å². The molecule has 0 unspecified atom stereocenters. The van der Waals surface area contributed by atoms with Gasteiger partial charge >= 0.3 is 5.97 Å². The zero-order chi connectivity index (χ0) is 17.3. The SMILES string of the molecule is CCOC(=O)c1ccccc1Oc1nc(C)nc2sc(C)c(C)c12. The molecule has 0 bridgehead atoms. The Balaban J connectivity index is 2.10. The molecule has 6 heteroatoms. The van der Waals surface area contributed by atoms with E-state index in [1.165, 1.54) is 4.88 Å². The highest BCUT2D eigenvalue weighted by molar-refractivity contribution is 7.18. The fraction of sp³-hybridized carbons (Fsp3) is 0.278. The topological polar surface area (TPSA) is 61.3 Å². The third-order valence-corrected chi connectivity index (χ3v) is 4.80. The van der Waals surface area contributed by atoms with Crippen molar-refractivity contribution in [2.24, 2.45) is 0 Å². The van der Waals surface area contributed by atoms with Gasteiger partial charge < -0.3 is 9.47 Å². The van der Waals surface area contributed by atoms with Crippen LogP contribution in [-0.2, 0) is 4.74 Å². The summed E-state index contributed by atoms with van der Waals surface area (Å²) in [6.07, 6.45) is 0. The van der Waals surface area contributed by atoms with Gasteiger partial charge in [-0.3, -0.25) is 0 Å². The molecule has 0 amide bonds. The number of carbonyl (C=O) groups is 1. The standard InChI is InChI=1S/C18H18N2O3S/c1-5-22-18(21)13-8-6-7-9-14(13)23-16-15-10(2)11(3)24-17(15)20-12(4)19-16/h6-9H,5H2,1-4H3. The van der Waals surface area contributed by atoms with Gasteiger partial charge in [0.1, 0.15) is 22.0 Å². The zero-order valence-electron chi connectivity index (χ0n) is 14.0. The summed E-state index contributed by atoms with van der Waals surface area (Å²) >= 11 is 1.61. The first-order valence-electron chi connectivity index (χ1n) is 7.69. The number of rotatable bonds is 4. The molecule has 0 N–H and O–H groups in total. The molecule has 0 atom stereocenters. The number of esters is 1. The van der Waals surface area contributed by atoms with E-state index >= 15 is 0 Å². The summed E-state index contributed by atoms with van der Waals surface area (Å²) in [7, 11) is 0. The summed E-state index contributed by atoms with van der Waals surface area (Å²) < 4.78 is 11.1. The highest BCUT2D eigenvalue weighted by atomic mass is 32.1. The number of thiophene rings is 1. The number of hydrogen-bond acceptors (Lipinski definition) is 6. The van der Waals surface area contributed by atoms with E-state index in [-0.39, 0.29) is 0 Å². The molecule has 0 aliphatic heterocycles. The molecule has 5 nitrogen and oxygen atoms in total. The summed E-state index contributed by atoms with van der Waals surface area (Å²) in [5.74, 6) is 1.12. The highest BCUT2D eigenvalue weighted by Gasteiger charge is 2.18. The molecule has 0 saturated heterocycles. The number of fused-ring (bicyclic) bond motifs is 1. The van der Waals surface area contributed by atoms with Crippen LogP contribution in [-0.4, -0.2) is 22.5 Å². The lowest BCUT2D eigenvalue weighted by Crippen LogP contribution is -2.06. The second kappa shape index (κ2) is 6.57. The van der Waals surface area contributed by atoms with Gasteiger partial charge in [0.2, 0.25) is 5.88 Å². The molecule has 0 aliphatic carbocycles. The van der Waals surface area contributed by atoms with Gasteiger partial charge in [-0.25, -0.2) is 9.78 Å². The van der Waals surface area contributed by atoms with Gasteiger partial charge in [-0.15, -0.1) is 11.3 Å². The van der Waals surface area contributed by atoms with Crippen LogP contribution in [0.15, 0.2) is 24.3 Å². The maximum Gasteiger partial charge on any atom is 0.341 e. The number of para-hydroxylation sites is 1. The quantitative estimate of drug-likeness (QED) is 0.649. The van der Waals surface area contributed by atoms with E-state index in [1.54, 1.807) is 36.5 Å². The molecular formula is C18H18N2O3S.